The zero-order valence-corrected chi connectivity index (χ0v) is 6.74. The number of aromatic carboxylic acids is 1. The van der Waals surface area contributed by atoms with Crippen LogP contribution in [0, 0.1) is 6.92 Å². The van der Waals surface area contributed by atoms with Crippen molar-refractivity contribution in [2.24, 2.45) is 0 Å². The van der Waals surface area contributed by atoms with E-state index < -0.39 is 5.97 Å². The second kappa shape index (κ2) is 3.17. The van der Waals surface area contributed by atoms with Crippen LogP contribution < -0.4 is 4.74 Å². The summed E-state index contributed by atoms with van der Waals surface area (Å²) < 4.78 is 4.82. The summed E-state index contributed by atoms with van der Waals surface area (Å²) in [7, 11) is 1.43. The Kier molecular flexibility index (Phi) is 2.23. The summed E-state index contributed by atoms with van der Waals surface area (Å²) in [5.74, 6) is -1.12. The molecule has 0 bridgehead atoms. The van der Waals surface area contributed by atoms with Crippen LogP contribution in [0.4, 0.5) is 0 Å². The van der Waals surface area contributed by atoms with Gasteiger partial charge in [0.25, 0.3) is 0 Å². The number of ether oxygens (including phenoxy) is 1. The highest BCUT2D eigenvalue weighted by molar-refractivity contribution is 5.83. The minimum atomic E-state index is -1.16. The zero-order chi connectivity index (χ0) is 9.14. The number of nitrogens with zero attached hydrogens (tertiary/aromatic N) is 2. The lowest BCUT2D eigenvalue weighted by atomic mass is 10.4. The third kappa shape index (κ3) is 1.50. The van der Waals surface area contributed by atoms with E-state index in [0.29, 0.717) is 11.4 Å². The van der Waals surface area contributed by atoms with Gasteiger partial charge in [0.1, 0.15) is 0 Å². The Labute approximate surface area is 69.0 Å². The van der Waals surface area contributed by atoms with E-state index in [1.54, 1.807) is 6.92 Å². The number of carboxylic acids is 1. The van der Waals surface area contributed by atoms with Crippen molar-refractivity contribution in [3.05, 3.63) is 17.6 Å². The molecule has 0 amide bonds. The van der Waals surface area contributed by atoms with E-state index in [1.807, 2.05) is 0 Å². The van der Waals surface area contributed by atoms with Crippen LogP contribution in [-0.2, 0) is 0 Å². The molecule has 1 aromatic rings. The van der Waals surface area contributed by atoms with Crippen molar-refractivity contribution in [1.82, 2.24) is 9.97 Å². The molecule has 0 aliphatic heterocycles. The fraction of sp³-hybridized carbons (Fsp3) is 0.286. The lowest BCUT2D eigenvalue weighted by Gasteiger charge is -2.01. The Balaban J connectivity index is 3.13. The highest BCUT2D eigenvalue weighted by Gasteiger charge is 2.09. The van der Waals surface area contributed by atoms with Crippen LogP contribution in [0.15, 0.2) is 6.20 Å². The maximum absolute atomic E-state index is 10.4. The average molecular weight is 168 g/mol. The van der Waals surface area contributed by atoms with E-state index in [4.69, 9.17) is 9.84 Å². The second-order valence-corrected chi connectivity index (χ2v) is 2.19. The molecule has 0 saturated heterocycles. The molecule has 5 heteroatoms. The van der Waals surface area contributed by atoms with Gasteiger partial charge in [-0.1, -0.05) is 0 Å². The molecule has 1 rings (SSSR count). The molecule has 0 atom stereocenters. The molecule has 0 radical (unpaired) electrons. The van der Waals surface area contributed by atoms with Crippen molar-refractivity contribution < 1.29 is 14.6 Å². The number of hydrogen-bond acceptors (Lipinski definition) is 4. The smallest absolute Gasteiger partial charge is 0.374 e. The monoisotopic (exact) mass is 168 g/mol. The van der Waals surface area contributed by atoms with Gasteiger partial charge in [0.05, 0.1) is 7.11 Å². The predicted molar refractivity (Wildman–Crippen MR) is 40.3 cm³/mol. The first-order valence-electron chi connectivity index (χ1n) is 3.26. The van der Waals surface area contributed by atoms with Crippen LogP contribution >= 0.6 is 0 Å². The third-order valence-corrected chi connectivity index (χ3v) is 1.31. The first kappa shape index (κ1) is 8.45. The molecule has 12 heavy (non-hydrogen) atoms. The van der Waals surface area contributed by atoms with Crippen LogP contribution in [0.3, 0.4) is 0 Å². The molecule has 0 spiro atoms. The number of carbonyl (C=O) groups is 1. The van der Waals surface area contributed by atoms with E-state index in [1.165, 1.54) is 13.3 Å². The van der Waals surface area contributed by atoms with Crippen molar-refractivity contribution in [3.8, 4) is 5.88 Å². The number of aryl methyl sites for hydroxylation is 1. The Hall–Kier alpha value is -1.65. The van der Waals surface area contributed by atoms with Gasteiger partial charge in [-0.25, -0.2) is 9.78 Å². The Morgan fingerprint density at radius 2 is 2.33 bits per heavy atom. The molecule has 0 aromatic carbocycles. The van der Waals surface area contributed by atoms with E-state index in [-0.39, 0.29) is 5.82 Å². The molecular formula is C7H8N2O3. The molecule has 0 aliphatic carbocycles. The molecule has 0 fully saturated rings. The minimum Gasteiger partial charge on any atom is -0.481 e. The number of carboxylic acid groups (broad SMARTS) is 1. The summed E-state index contributed by atoms with van der Waals surface area (Å²) in [6.45, 7) is 1.74. The molecule has 0 unspecified atom stereocenters. The standard InChI is InChI=1S/C7H8N2O3/c1-4-3-8-5(7(10)11)9-6(4)12-2/h3H,1-2H3,(H,10,11). The normalized spacial score (nSPS) is 9.50. The lowest BCUT2D eigenvalue weighted by Crippen LogP contribution is -2.05. The Bertz CT molecular complexity index is 312. The fourth-order valence-corrected chi connectivity index (χ4v) is 0.736. The molecule has 1 N–H and O–H groups in total. The van der Waals surface area contributed by atoms with Gasteiger partial charge in [-0.3, -0.25) is 0 Å². The van der Waals surface area contributed by atoms with Crippen molar-refractivity contribution in [2.45, 2.75) is 6.92 Å². The van der Waals surface area contributed by atoms with Crippen LogP contribution in [0.5, 0.6) is 5.88 Å². The number of rotatable bonds is 2. The van der Waals surface area contributed by atoms with Crippen molar-refractivity contribution in [2.75, 3.05) is 7.11 Å². The van der Waals surface area contributed by atoms with Crippen LogP contribution in [0.1, 0.15) is 16.2 Å². The van der Waals surface area contributed by atoms with Crippen LogP contribution in [-0.4, -0.2) is 28.2 Å². The molecule has 1 heterocycles. The summed E-state index contributed by atoms with van der Waals surface area (Å²) in [6.07, 6.45) is 1.41. The highest BCUT2D eigenvalue weighted by atomic mass is 16.5. The highest BCUT2D eigenvalue weighted by Crippen LogP contribution is 2.11. The first-order valence-corrected chi connectivity index (χ1v) is 3.26. The van der Waals surface area contributed by atoms with Gasteiger partial charge in [0.2, 0.25) is 11.7 Å². The van der Waals surface area contributed by atoms with Gasteiger partial charge in [-0.15, -0.1) is 0 Å². The molecule has 0 saturated carbocycles. The van der Waals surface area contributed by atoms with Crippen LogP contribution in [0.2, 0.25) is 0 Å². The van der Waals surface area contributed by atoms with Gasteiger partial charge in [0, 0.05) is 11.8 Å². The summed E-state index contributed by atoms with van der Waals surface area (Å²) in [5, 5.41) is 8.52. The van der Waals surface area contributed by atoms with Crippen molar-refractivity contribution >= 4 is 5.97 Å². The maximum Gasteiger partial charge on any atom is 0.374 e. The van der Waals surface area contributed by atoms with Crippen LogP contribution in [0.25, 0.3) is 0 Å². The largest absolute Gasteiger partial charge is 0.481 e. The van der Waals surface area contributed by atoms with Gasteiger partial charge in [-0.05, 0) is 6.92 Å². The second-order valence-electron chi connectivity index (χ2n) is 2.19. The molecule has 1 aromatic heterocycles. The first-order chi connectivity index (χ1) is 5.65. The third-order valence-electron chi connectivity index (χ3n) is 1.31. The SMILES string of the molecule is COc1nc(C(=O)O)ncc1C. The molecule has 64 valence electrons. The zero-order valence-electron chi connectivity index (χ0n) is 6.74. The summed E-state index contributed by atoms with van der Waals surface area (Å²) in [6, 6.07) is 0. The van der Waals surface area contributed by atoms with Gasteiger partial charge in [0.15, 0.2) is 0 Å². The van der Waals surface area contributed by atoms with Gasteiger partial charge < -0.3 is 9.84 Å². The van der Waals surface area contributed by atoms with Crippen molar-refractivity contribution in [1.29, 1.82) is 0 Å². The lowest BCUT2D eigenvalue weighted by molar-refractivity contribution is 0.0682. The minimum absolute atomic E-state index is 0.252. The molecule has 0 aliphatic rings. The van der Waals surface area contributed by atoms with Gasteiger partial charge >= 0.3 is 5.97 Å². The van der Waals surface area contributed by atoms with E-state index in [9.17, 15) is 4.79 Å². The number of hydrogen-bond donors (Lipinski definition) is 1. The summed E-state index contributed by atoms with van der Waals surface area (Å²) in [4.78, 5) is 17.7. The number of aromatic nitrogens is 2. The Morgan fingerprint density at radius 3 is 2.83 bits per heavy atom. The topological polar surface area (TPSA) is 72.3 Å². The molecule has 5 nitrogen and oxygen atoms in total. The maximum atomic E-state index is 10.4. The predicted octanol–water partition coefficient (Wildman–Crippen LogP) is 0.492. The summed E-state index contributed by atoms with van der Waals surface area (Å²) >= 11 is 0. The quantitative estimate of drug-likeness (QED) is 0.695. The fourth-order valence-electron chi connectivity index (χ4n) is 0.736. The molecular weight excluding hydrogens is 160 g/mol. The Morgan fingerprint density at radius 1 is 1.67 bits per heavy atom. The average Bonchev–Trinajstić information content (AvgIpc) is 2.05. The summed E-state index contributed by atoms with van der Waals surface area (Å²) in [5.41, 5.74) is 0.711. The van der Waals surface area contributed by atoms with E-state index >= 15 is 0 Å². The number of methoxy groups -OCH3 is 1. The van der Waals surface area contributed by atoms with Crippen molar-refractivity contribution in [3.63, 3.8) is 0 Å². The van der Waals surface area contributed by atoms with Gasteiger partial charge in [-0.2, -0.15) is 4.98 Å². The van der Waals surface area contributed by atoms with E-state index in [0.717, 1.165) is 0 Å². The van der Waals surface area contributed by atoms with E-state index in [2.05, 4.69) is 9.97 Å².